The second kappa shape index (κ2) is 5.11. The monoisotopic (exact) mass is 304 g/mol. The maximum atomic E-state index is 6.22. The minimum absolute atomic E-state index is 0.123. The summed E-state index contributed by atoms with van der Waals surface area (Å²) in [6, 6.07) is 0. The molecule has 1 saturated carbocycles. The van der Waals surface area contributed by atoms with Gasteiger partial charge in [-0.3, -0.25) is 0 Å². The van der Waals surface area contributed by atoms with Crippen LogP contribution in [0.4, 0.5) is 0 Å². The van der Waals surface area contributed by atoms with E-state index in [-0.39, 0.29) is 18.3 Å². The van der Waals surface area contributed by atoms with Crippen molar-refractivity contribution in [3.8, 4) is 0 Å². The minimum atomic E-state index is -0.220. The van der Waals surface area contributed by atoms with Gasteiger partial charge in [-0.1, -0.05) is 19.9 Å². The number of rotatable bonds is 1. The summed E-state index contributed by atoms with van der Waals surface area (Å²) in [6.07, 6.45) is 11.7. The zero-order chi connectivity index (χ0) is 16.2. The number of hydrogen-bond acceptors (Lipinski definition) is 2. The van der Waals surface area contributed by atoms with Crippen LogP contribution in [0, 0.1) is 10.8 Å². The van der Waals surface area contributed by atoms with Gasteiger partial charge < -0.3 is 9.31 Å². The minimum Gasteiger partial charge on any atom is -0.400 e. The molecule has 0 amide bonds. The van der Waals surface area contributed by atoms with E-state index in [2.05, 4.69) is 47.6 Å². The van der Waals surface area contributed by atoms with Crippen LogP contribution in [-0.4, -0.2) is 18.3 Å². The van der Waals surface area contributed by atoms with Crippen LogP contribution in [0.2, 0.25) is 0 Å². The van der Waals surface area contributed by atoms with Gasteiger partial charge in [-0.2, -0.15) is 0 Å². The Kier molecular flexibility index (Phi) is 3.85. The molecule has 124 valence electrons. The van der Waals surface area contributed by atoms with Crippen LogP contribution in [0.5, 0.6) is 0 Å². The molecule has 3 rings (SSSR count). The van der Waals surface area contributed by atoms with E-state index in [4.69, 9.17) is 9.31 Å². The van der Waals surface area contributed by atoms with Crippen LogP contribution in [0.15, 0.2) is 11.5 Å². The Morgan fingerprint density at radius 2 is 1.36 bits per heavy atom. The molecule has 0 aromatic carbocycles. The lowest BCUT2D eigenvalue weighted by Crippen LogP contribution is -2.41. The molecule has 2 aliphatic carbocycles. The fourth-order valence-electron chi connectivity index (χ4n) is 4.08. The molecule has 2 nitrogen and oxygen atoms in total. The van der Waals surface area contributed by atoms with Crippen molar-refractivity contribution in [2.75, 3.05) is 0 Å². The zero-order valence-electron chi connectivity index (χ0n) is 15.4. The van der Waals surface area contributed by atoms with E-state index < -0.39 is 0 Å². The maximum Gasteiger partial charge on any atom is 0.490 e. The third-order valence-electron chi connectivity index (χ3n) is 6.96. The second-order valence-corrected chi connectivity index (χ2v) is 9.74. The molecule has 0 aromatic rings. The van der Waals surface area contributed by atoms with Gasteiger partial charge in [-0.15, -0.1) is 0 Å². The fraction of sp³-hybridized carbons (Fsp3) is 0.895. The smallest absolute Gasteiger partial charge is 0.400 e. The summed E-state index contributed by atoms with van der Waals surface area (Å²) in [4.78, 5) is 0. The average Bonchev–Trinajstić information content (AvgIpc) is 2.64. The SMILES string of the molecule is CC1(C)CCC2(CC=C(B3OC(C)(C)C(C)(C)O3)CC2)CC1. The molecule has 22 heavy (non-hydrogen) atoms. The van der Waals surface area contributed by atoms with Crippen LogP contribution in [0.1, 0.15) is 86.5 Å². The lowest BCUT2D eigenvalue weighted by Gasteiger charge is -2.45. The van der Waals surface area contributed by atoms with E-state index in [1.165, 1.54) is 44.0 Å². The predicted molar refractivity (Wildman–Crippen MR) is 92.7 cm³/mol. The summed E-state index contributed by atoms with van der Waals surface area (Å²) < 4.78 is 12.4. The highest BCUT2D eigenvalue weighted by molar-refractivity contribution is 6.54. The quantitative estimate of drug-likeness (QED) is 0.611. The summed E-state index contributed by atoms with van der Waals surface area (Å²) in [6.45, 7) is 13.4. The first-order valence-corrected chi connectivity index (χ1v) is 9.09. The Labute approximate surface area is 137 Å². The molecule has 0 bridgehead atoms. The molecular weight excluding hydrogens is 271 g/mol. The second-order valence-electron chi connectivity index (χ2n) is 9.74. The van der Waals surface area contributed by atoms with Crippen molar-refractivity contribution in [2.45, 2.75) is 97.7 Å². The number of allylic oxidation sites excluding steroid dienone is 2. The molecule has 1 saturated heterocycles. The molecular formula is C19H33BO2. The van der Waals surface area contributed by atoms with Crippen molar-refractivity contribution < 1.29 is 9.31 Å². The van der Waals surface area contributed by atoms with Crippen molar-refractivity contribution in [1.29, 1.82) is 0 Å². The highest BCUT2D eigenvalue weighted by atomic mass is 16.7. The van der Waals surface area contributed by atoms with Crippen LogP contribution in [0.3, 0.4) is 0 Å². The van der Waals surface area contributed by atoms with E-state index in [0.717, 1.165) is 6.42 Å². The molecule has 1 spiro atoms. The Hall–Kier alpha value is -0.275. The van der Waals surface area contributed by atoms with Crippen molar-refractivity contribution in [3.05, 3.63) is 11.5 Å². The van der Waals surface area contributed by atoms with Gasteiger partial charge in [0.15, 0.2) is 0 Å². The molecule has 0 radical (unpaired) electrons. The van der Waals surface area contributed by atoms with Crippen LogP contribution in [0.25, 0.3) is 0 Å². The molecule has 1 aliphatic heterocycles. The third-order valence-corrected chi connectivity index (χ3v) is 6.96. The first kappa shape index (κ1) is 16.6. The van der Waals surface area contributed by atoms with Gasteiger partial charge in [0.25, 0.3) is 0 Å². The zero-order valence-corrected chi connectivity index (χ0v) is 15.4. The standard InChI is InChI=1S/C19H33BO2/c1-16(2)11-13-19(14-12-16)9-7-15(8-10-19)20-21-17(3,4)18(5,6)22-20/h7H,8-14H2,1-6H3. The first-order valence-electron chi connectivity index (χ1n) is 9.09. The van der Waals surface area contributed by atoms with Crippen molar-refractivity contribution in [2.24, 2.45) is 10.8 Å². The van der Waals surface area contributed by atoms with Crippen LogP contribution in [-0.2, 0) is 9.31 Å². The Morgan fingerprint density at radius 1 is 0.818 bits per heavy atom. The molecule has 0 N–H and O–H groups in total. The van der Waals surface area contributed by atoms with Gasteiger partial charge in [0.2, 0.25) is 0 Å². The van der Waals surface area contributed by atoms with Crippen LogP contribution >= 0.6 is 0 Å². The van der Waals surface area contributed by atoms with E-state index >= 15 is 0 Å². The highest BCUT2D eigenvalue weighted by Crippen LogP contribution is 2.52. The van der Waals surface area contributed by atoms with E-state index in [9.17, 15) is 0 Å². The van der Waals surface area contributed by atoms with Gasteiger partial charge in [-0.05, 0) is 88.9 Å². The molecule has 0 atom stereocenters. The third kappa shape index (κ3) is 2.91. The average molecular weight is 304 g/mol. The maximum absolute atomic E-state index is 6.22. The van der Waals surface area contributed by atoms with Crippen LogP contribution < -0.4 is 0 Å². The lowest BCUT2D eigenvalue weighted by atomic mass is 9.58. The predicted octanol–water partition coefficient (Wildman–Crippen LogP) is 5.31. The summed E-state index contributed by atoms with van der Waals surface area (Å²) in [5, 5.41) is 0. The van der Waals surface area contributed by atoms with Gasteiger partial charge in [0.1, 0.15) is 0 Å². The van der Waals surface area contributed by atoms with E-state index in [1.54, 1.807) is 0 Å². The summed E-state index contributed by atoms with van der Waals surface area (Å²) >= 11 is 0. The topological polar surface area (TPSA) is 18.5 Å². The molecule has 3 heteroatoms. The van der Waals surface area contributed by atoms with Gasteiger partial charge in [0, 0.05) is 0 Å². The molecule has 2 fully saturated rings. The van der Waals surface area contributed by atoms with Crippen molar-refractivity contribution >= 4 is 7.12 Å². The van der Waals surface area contributed by atoms with Gasteiger partial charge >= 0.3 is 7.12 Å². The Balaban J connectivity index is 1.66. The summed E-state index contributed by atoms with van der Waals surface area (Å²) in [5.41, 5.74) is 2.07. The molecule has 0 unspecified atom stereocenters. The fourth-order valence-corrected chi connectivity index (χ4v) is 4.08. The summed E-state index contributed by atoms with van der Waals surface area (Å²) in [5.74, 6) is 0. The molecule has 3 aliphatic rings. The van der Waals surface area contributed by atoms with Gasteiger partial charge in [-0.25, -0.2) is 0 Å². The lowest BCUT2D eigenvalue weighted by molar-refractivity contribution is 0.00578. The first-order chi connectivity index (χ1) is 10.0. The Morgan fingerprint density at radius 3 is 1.82 bits per heavy atom. The number of hydrogen-bond donors (Lipinski definition) is 0. The van der Waals surface area contributed by atoms with E-state index in [1.807, 2.05) is 0 Å². The largest absolute Gasteiger partial charge is 0.490 e. The molecule has 0 aromatic heterocycles. The molecule has 1 heterocycles. The van der Waals surface area contributed by atoms with E-state index in [0.29, 0.717) is 10.8 Å². The van der Waals surface area contributed by atoms with Gasteiger partial charge in [0.05, 0.1) is 11.2 Å². The normalized spacial score (nSPS) is 32.1. The van der Waals surface area contributed by atoms with Crippen molar-refractivity contribution in [3.63, 3.8) is 0 Å². The van der Waals surface area contributed by atoms with Crippen molar-refractivity contribution in [1.82, 2.24) is 0 Å². The summed E-state index contributed by atoms with van der Waals surface area (Å²) in [7, 11) is -0.123. The Bertz CT molecular complexity index is 450. The highest BCUT2D eigenvalue weighted by Gasteiger charge is 2.53.